The summed E-state index contributed by atoms with van der Waals surface area (Å²) in [5.74, 6) is 0. The molecule has 1 aliphatic rings. The molecule has 0 bridgehead atoms. The highest BCUT2D eigenvalue weighted by Gasteiger charge is 2.30. The Kier molecular flexibility index (Phi) is 3.91. The Morgan fingerprint density at radius 3 is 2.85 bits per heavy atom. The van der Waals surface area contributed by atoms with E-state index >= 15 is 0 Å². The van der Waals surface area contributed by atoms with E-state index in [0.29, 0.717) is 6.54 Å². The van der Waals surface area contributed by atoms with Gasteiger partial charge in [-0.05, 0) is 38.3 Å². The van der Waals surface area contributed by atoms with Gasteiger partial charge in [0, 0.05) is 6.54 Å². The molecule has 0 unspecified atom stereocenters. The first-order valence-electron chi connectivity index (χ1n) is 6.57. The first-order valence-corrected chi connectivity index (χ1v) is 6.57. The van der Waals surface area contributed by atoms with E-state index in [2.05, 4.69) is 4.99 Å². The molecular weight excluding hydrogens is 256 g/mol. The highest BCUT2D eigenvalue weighted by Crippen LogP contribution is 2.33. The molecule has 5 heteroatoms. The molecule has 0 aromatic heterocycles. The summed E-state index contributed by atoms with van der Waals surface area (Å²) in [4.78, 5) is 27.8. The summed E-state index contributed by atoms with van der Waals surface area (Å²) in [6.45, 7) is 6.33. The van der Waals surface area contributed by atoms with Gasteiger partial charge in [0.25, 0.3) is 0 Å². The molecule has 106 valence electrons. The average Bonchev–Trinajstić information content (AvgIpc) is 2.78. The zero-order chi connectivity index (χ0) is 14.8. The van der Waals surface area contributed by atoms with Crippen LogP contribution in [0.5, 0.6) is 0 Å². The topological polar surface area (TPSA) is 59.0 Å². The van der Waals surface area contributed by atoms with E-state index in [4.69, 9.17) is 4.74 Å². The van der Waals surface area contributed by atoms with Crippen LogP contribution in [-0.4, -0.2) is 24.3 Å². The van der Waals surface area contributed by atoms with Gasteiger partial charge < -0.3 is 4.74 Å². The number of ether oxygens (including phenoxy) is 1. The Balaban J connectivity index is 2.30. The van der Waals surface area contributed by atoms with Crippen LogP contribution in [-0.2, 0) is 22.5 Å². The lowest BCUT2D eigenvalue weighted by molar-refractivity contribution is 0.0583. The number of amides is 1. The number of hydrogen-bond donors (Lipinski definition) is 0. The lowest BCUT2D eigenvalue weighted by Crippen LogP contribution is -2.36. The molecule has 2 rings (SSSR count). The van der Waals surface area contributed by atoms with Crippen LogP contribution >= 0.6 is 0 Å². The Hall–Kier alpha value is -2.13. The number of carbonyl (C=O) groups is 1. The van der Waals surface area contributed by atoms with Crippen LogP contribution in [0.2, 0.25) is 0 Å². The molecule has 0 radical (unpaired) electrons. The lowest BCUT2D eigenvalue weighted by Gasteiger charge is -2.25. The fourth-order valence-corrected chi connectivity index (χ4v) is 2.28. The molecule has 1 aliphatic heterocycles. The summed E-state index contributed by atoms with van der Waals surface area (Å²) in [5.41, 5.74) is 2.21. The molecule has 20 heavy (non-hydrogen) atoms. The van der Waals surface area contributed by atoms with Crippen molar-refractivity contribution in [2.75, 3.05) is 11.4 Å². The van der Waals surface area contributed by atoms with Gasteiger partial charge in [0.2, 0.25) is 6.08 Å². The van der Waals surface area contributed by atoms with Gasteiger partial charge >= 0.3 is 6.09 Å². The molecule has 0 atom stereocenters. The number of fused-ring (bicyclic) bond motifs is 1. The smallest absolute Gasteiger partial charge is 0.414 e. The minimum Gasteiger partial charge on any atom is -0.443 e. The van der Waals surface area contributed by atoms with Crippen LogP contribution in [0.1, 0.15) is 31.9 Å². The van der Waals surface area contributed by atoms with Gasteiger partial charge in [-0.1, -0.05) is 18.2 Å². The minimum absolute atomic E-state index is 0.228. The number of isocyanates is 1. The van der Waals surface area contributed by atoms with Gasteiger partial charge in [-0.2, -0.15) is 0 Å². The fraction of sp³-hybridized carbons (Fsp3) is 0.467. The number of hydrogen-bond acceptors (Lipinski definition) is 4. The molecule has 0 aliphatic carbocycles. The van der Waals surface area contributed by atoms with Crippen molar-refractivity contribution in [3.05, 3.63) is 29.3 Å². The van der Waals surface area contributed by atoms with Crippen molar-refractivity contribution < 1.29 is 14.3 Å². The van der Waals surface area contributed by atoms with E-state index in [1.807, 2.05) is 39.0 Å². The number of rotatable bonds is 2. The van der Waals surface area contributed by atoms with E-state index in [-0.39, 0.29) is 12.6 Å². The van der Waals surface area contributed by atoms with E-state index in [0.717, 1.165) is 23.2 Å². The fourth-order valence-electron chi connectivity index (χ4n) is 2.28. The standard InChI is InChI=1S/C15H18N2O3/c1-15(2,3)20-14(19)17-8-7-11-5-4-6-12(13(11)17)9-16-10-18/h4-6H,7-9H2,1-3H3. The van der Waals surface area contributed by atoms with E-state index in [1.54, 1.807) is 4.90 Å². The maximum atomic E-state index is 12.2. The molecule has 0 spiro atoms. The van der Waals surface area contributed by atoms with Crippen molar-refractivity contribution in [3.8, 4) is 0 Å². The normalized spacial score (nSPS) is 13.7. The average molecular weight is 274 g/mol. The molecule has 0 saturated heterocycles. The van der Waals surface area contributed by atoms with Crippen LogP contribution in [0.4, 0.5) is 10.5 Å². The molecule has 0 saturated carbocycles. The summed E-state index contributed by atoms with van der Waals surface area (Å²) < 4.78 is 5.42. The molecule has 1 heterocycles. The second-order valence-corrected chi connectivity index (χ2v) is 5.71. The van der Waals surface area contributed by atoms with E-state index in [1.165, 1.54) is 6.08 Å². The monoisotopic (exact) mass is 274 g/mol. The first-order chi connectivity index (χ1) is 9.42. The number of aliphatic imine (C=N–C) groups is 1. The number of para-hydroxylation sites is 1. The molecule has 1 amide bonds. The maximum absolute atomic E-state index is 12.2. The molecular formula is C15H18N2O3. The van der Waals surface area contributed by atoms with Crippen LogP contribution in [0.15, 0.2) is 23.2 Å². The van der Waals surface area contributed by atoms with Crippen molar-refractivity contribution >= 4 is 17.9 Å². The highest BCUT2D eigenvalue weighted by atomic mass is 16.6. The van der Waals surface area contributed by atoms with Crippen molar-refractivity contribution in [3.63, 3.8) is 0 Å². The Bertz CT molecular complexity index is 569. The SMILES string of the molecule is CC(C)(C)OC(=O)N1CCc2cccc(CN=C=O)c21. The second kappa shape index (κ2) is 5.47. The van der Waals surface area contributed by atoms with Crippen molar-refractivity contribution in [1.29, 1.82) is 0 Å². The van der Waals surface area contributed by atoms with Crippen molar-refractivity contribution in [2.24, 2.45) is 4.99 Å². The summed E-state index contributed by atoms with van der Waals surface area (Å²) in [6.07, 6.45) is 1.95. The Labute approximate surface area is 118 Å². The Morgan fingerprint density at radius 2 is 2.20 bits per heavy atom. The van der Waals surface area contributed by atoms with Crippen LogP contribution in [0, 0.1) is 0 Å². The third kappa shape index (κ3) is 3.06. The largest absolute Gasteiger partial charge is 0.443 e. The van der Waals surface area contributed by atoms with Gasteiger partial charge in [0.15, 0.2) is 0 Å². The van der Waals surface area contributed by atoms with Crippen molar-refractivity contribution in [1.82, 2.24) is 0 Å². The van der Waals surface area contributed by atoms with Crippen LogP contribution in [0.25, 0.3) is 0 Å². The number of carbonyl (C=O) groups excluding carboxylic acids is 2. The molecule has 1 aromatic rings. The van der Waals surface area contributed by atoms with Gasteiger partial charge in [0.1, 0.15) is 5.60 Å². The molecule has 5 nitrogen and oxygen atoms in total. The predicted molar refractivity (Wildman–Crippen MR) is 75.6 cm³/mol. The minimum atomic E-state index is -0.532. The number of benzene rings is 1. The zero-order valence-corrected chi connectivity index (χ0v) is 12.0. The third-order valence-corrected chi connectivity index (χ3v) is 3.01. The summed E-state index contributed by atoms with van der Waals surface area (Å²) in [7, 11) is 0. The third-order valence-electron chi connectivity index (χ3n) is 3.01. The quantitative estimate of drug-likeness (QED) is 0.615. The maximum Gasteiger partial charge on any atom is 0.414 e. The van der Waals surface area contributed by atoms with Crippen LogP contribution < -0.4 is 4.90 Å². The van der Waals surface area contributed by atoms with E-state index in [9.17, 15) is 9.59 Å². The molecule has 0 N–H and O–H groups in total. The predicted octanol–water partition coefficient (Wildman–Crippen LogP) is 2.82. The number of anilines is 1. The second-order valence-electron chi connectivity index (χ2n) is 5.71. The van der Waals surface area contributed by atoms with Gasteiger partial charge in [-0.3, -0.25) is 4.90 Å². The summed E-state index contributed by atoms with van der Waals surface area (Å²) in [5, 5.41) is 0. The van der Waals surface area contributed by atoms with Crippen LogP contribution in [0.3, 0.4) is 0 Å². The zero-order valence-electron chi connectivity index (χ0n) is 12.0. The number of nitrogens with zero attached hydrogens (tertiary/aromatic N) is 2. The highest BCUT2D eigenvalue weighted by molar-refractivity contribution is 5.91. The summed E-state index contributed by atoms with van der Waals surface area (Å²) >= 11 is 0. The first kappa shape index (κ1) is 14.3. The lowest BCUT2D eigenvalue weighted by atomic mass is 10.1. The van der Waals surface area contributed by atoms with Gasteiger partial charge in [-0.25, -0.2) is 14.6 Å². The van der Waals surface area contributed by atoms with E-state index < -0.39 is 5.60 Å². The van der Waals surface area contributed by atoms with Crippen molar-refractivity contribution in [2.45, 2.75) is 39.3 Å². The van der Waals surface area contributed by atoms with Gasteiger partial charge in [0.05, 0.1) is 12.2 Å². The molecule has 1 aromatic carbocycles. The van der Waals surface area contributed by atoms with Gasteiger partial charge in [-0.15, -0.1) is 0 Å². The summed E-state index contributed by atoms with van der Waals surface area (Å²) in [6, 6.07) is 5.75. The Morgan fingerprint density at radius 1 is 1.45 bits per heavy atom. The molecule has 0 fully saturated rings.